The summed E-state index contributed by atoms with van der Waals surface area (Å²) in [5, 5.41) is 2.72. The maximum Gasteiger partial charge on any atom is 0.261 e. The van der Waals surface area contributed by atoms with Crippen molar-refractivity contribution in [3.8, 4) is 11.6 Å². The molecule has 0 unspecified atom stereocenters. The number of ether oxygens (including phenoxy) is 2. The fourth-order valence-electron chi connectivity index (χ4n) is 2.49. The first-order valence-electron chi connectivity index (χ1n) is 9.17. The van der Waals surface area contributed by atoms with Crippen LogP contribution in [0.4, 0.5) is 10.1 Å². The van der Waals surface area contributed by atoms with Crippen LogP contribution < -0.4 is 14.8 Å². The fraction of sp³-hybridized carbons (Fsp3) is 0.143. The number of nitrogens with one attached hydrogen (secondary N) is 2. The highest BCUT2D eigenvalue weighted by Gasteiger charge is 2.14. The summed E-state index contributed by atoms with van der Waals surface area (Å²) in [4.78, 5) is 16.0. The molecule has 3 rings (SSSR count). The average Bonchev–Trinajstić information content (AvgIpc) is 2.76. The van der Waals surface area contributed by atoms with Crippen LogP contribution in [-0.2, 0) is 14.8 Å². The number of anilines is 1. The summed E-state index contributed by atoms with van der Waals surface area (Å²) in [7, 11) is -2.31. The molecular formula is C21H20FN3O5S. The van der Waals surface area contributed by atoms with Crippen LogP contribution in [0.3, 0.4) is 0 Å². The van der Waals surface area contributed by atoms with E-state index < -0.39 is 15.8 Å². The van der Waals surface area contributed by atoms with E-state index in [2.05, 4.69) is 15.0 Å². The molecule has 0 radical (unpaired) electrons. The number of carbonyl (C=O) groups is 1. The van der Waals surface area contributed by atoms with Crippen molar-refractivity contribution in [3.63, 3.8) is 0 Å². The standard InChI is InChI=1S/C21H20FN3O5S/c1-29-13-12-23-21(26)15-2-7-18(8-3-15)30-20-11-6-17(14-24-20)25-31(27,28)19-9-4-16(22)5-10-19/h2-11,14,25H,12-13H2,1H3,(H,23,26). The molecule has 0 saturated carbocycles. The molecule has 0 spiro atoms. The topological polar surface area (TPSA) is 107 Å². The third-order valence-corrected chi connectivity index (χ3v) is 5.44. The summed E-state index contributed by atoms with van der Waals surface area (Å²) in [6.07, 6.45) is 1.30. The van der Waals surface area contributed by atoms with Crippen LogP contribution >= 0.6 is 0 Å². The van der Waals surface area contributed by atoms with Crippen molar-refractivity contribution >= 4 is 21.6 Å². The Bertz CT molecular complexity index is 1120. The predicted octanol–water partition coefficient (Wildman–Crippen LogP) is 3.19. The number of pyridine rings is 1. The molecule has 0 atom stereocenters. The second-order valence-corrected chi connectivity index (χ2v) is 8.00. The lowest BCUT2D eigenvalue weighted by molar-refractivity contribution is 0.0937. The largest absolute Gasteiger partial charge is 0.439 e. The van der Waals surface area contributed by atoms with Gasteiger partial charge in [-0.2, -0.15) is 0 Å². The monoisotopic (exact) mass is 445 g/mol. The Morgan fingerprint density at radius 2 is 1.74 bits per heavy atom. The zero-order valence-electron chi connectivity index (χ0n) is 16.5. The van der Waals surface area contributed by atoms with Crippen LogP contribution in [0.5, 0.6) is 11.6 Å². The first-order chi connectivity index (χ1) is 14.9. The normalized spacial score (nSPS) is 11.0. The number of benzene rings is 2. The number of hydrogen-bond donors (Lipinski definition) is 2. The molecule has 2 N–H and O–H groups in total. The Hall–Kier alpha value is -3.50. The number of hydrogen-bond acceptors (Lipinski definition) is 6. The van der Waals surface area contributed by atoms with Crippen molar-refractivity contribution in [3.05, 3.63) is 78.2 Å². The number of rotatable bonds is 9. The molecule has 8 nitrogen and oxygen atoms in total. The first kappa shape index (κ1) is 22.2. The molecule has 0 bridgehead atoms. The van der Waals surface area contributed by atoms with Gasteiger partial charge in [-0.1, -0.05) is 0 Å². The van der Waals surface area contributed by atoms with Gasteiger partial charge in [0.2, 0.25) is 5.88 Å². The maximum absolute atomic E-state index is 13.0. The SMILES string of the molecule is COCCNC(=O)c1ccc(Oc2ccc(NS(=O)(=O)c3ccc(F)cc3)cn2)cc1. The minimum Gasteiger partial charge on any atom is -0.439 e. The summed E-state index contributed by atoms with van der Waals surface area (Å²) in [6.45, 7) is 0.837. The summed E-state index contributed by atoms with van der Waals surface area (Å²) >= 11 is 0. The van der Waals surface area contributed by atoms with Gasteiger partial charge in [-0.15, -0.1) is 0 Å². The predicted molar refractivity (Wildman–Crippen MR) is 112 cm³/mol. The number of aromatic nitrogens is 1. The van der Waals surface area contributed by atoms with Gasteiger partial charge < -0.3 is 14.8 Å². The second-order valence-electron chi connectivity index (χ2n) is 6.32. The molecule has 10 heteroatoms. The van der Waals surface area contributed by atoms with Gasteiger partial charge in [0.1, 0.15) is 11.6 Å². The van der Waals surface area contributed by atoms with E-state index in [4.69, 9.17) is 9.47 Å². The van der Waals surface area contributed by atoms with E-state index in [-0.39, 0.29) is 22.4 Å². The van der Waals surface area contributed by atoms with Gasteiger partial charge >= 0.3 is 0 Å². The number of amides is 1. The highest BCUT2D eigenvalue weighted by atomic mass is 32.2. The first-order valence-corrected chi connectivity index (χ1v) is 10.7. The Morgan fingerprint density at radius 3 is 2.35 bits per heavy atom. The Kier molecular flexibility index (Phi) is 7.16. The van der Waals surface area contributed by atoms with E-state index in [1.807, 2.05) is 0 Å². The van der Waals surface area contributed by atoms with E-state index in [1.54, 1.807) is 31.4 Å². The second kappa shape index (κ2) is 10.0. The van der Waals surface area contributed by atoms with Gasteiger partial charge in [-0.25, -0.2) is 17.8 Å². The van der Waals surface area contributed by atoms with Crippen LogP contribution in [0.15, 0.2) is 71.8 Å². The Labute approximate surface area is 179 Å². The molecule has 3 aromatic rings. The molecule has 1 aromatic heterocycles. The fourth-order valence-corrected chi connectivity index (χ4v) is 3.54. The molecular weight excluding hydrogens is 425 g/mol. The number of sulfonamides is 1. The van der Waals surface area contributed by atoms with Gasteiger partial charge in [0.15, 0.2) is 0 Å². The van der Waals surface area contributed by atoms with Gasteiger partial charge in [0, 0.05) is 25.3 Å². The van der Waals surface area contributed by atoms with Crippen LogP contribution in [0, 0.1) is 5.82 Å². The molecule has 0 aliphatic rings. The average molecular weight is 445 g/mol. The van der Waals surface area contributed by atoms with Crippen LogP contribution in [0.1, 0.15) is 10.4 Å². The van der Waals surface area contributed by atoms with E-state index in [1.165, 1.54) is 30.5 Å². The maximum atomic E-state index is 13.0. The molecule has 1 heterocycles. The van der Waals surface area contributed by atoms with E-state index >= 15 is 0 Å². The van der Waals surface area contributed by atoms with Gasteiger partial charge in [-0.05, 0) is 54.6 Å². The summed E-state index contributed by atoms with van der Waals surface area (Å²) in [5.74, 6) is -0.0519. The molecule has 0 saturated heterocycles. The number of halogens is 1. The quantitative estimate of drug-likeness (QED) is 0.490. The summed E-state index contributed by atoms with van der Waals surface area (Å²) in [6, 6.07) is 13.9. The molecule has 162 valence electrons. The van der Waals surface area contributed by atoms with Crippen LogP contribution in [0.25, 0.3) is 0 Å². The lowest BCUT2D eigenvalue weighted by Gasteiger charge is -2.09. The molecule has 2 aromatic carbocycles. The van der Waals surface area contributed by atoms with Gasteiger partial charge in [-0.3, -0.25) is 9.52 Å². The summed E-state index contributed by atoms with van der Waals surface area (Å²) < 4.78 is 50.5. The highest BCUT2D eigenvalue weighted by Crippen LogP contribution is 2.22. The number of methoxy groups -OCH3 is 1. The third-order valence-electron chi connectivity index (χ3n) is 4.04. The molecule has 1 amide bonds. The van der Waals surface area contributed by atoms with E-state index in [9.17, 15) is 17.6 Å². The lowest BCUT2D eigenvalue weighted by Crippen LogP contribution is -2.26. The smallest absolute Gasteiger partial charge is 0.261 e. The van der Waals surface area contributed by atoms with E-state index in [0.717, 1.165) is 12.1 Å². The third kappa shape index (κ3) is 6.24. The van der Waals surface area contributed by atoms with E-state index in [0.29, 0.717) is 24.5 Å². The van der Waals surface area contributed by atoms with Crippen molar-refractivity contribution in [1.82, 2.24) is 10.3 Å². The van der Waals surface area contributed by atoms with Crippen molar-refractivity contribution in [2.24, 2.45) is 0 Å². The number of carbonyl (C=O) groups excluding carboxylic acids is 1. The van der Waals surface area contributed by atoms with Crippen LogP contribution in [-0.4, -0.2) is 39.6 Å². The zero-order valence-corrected chi connectivity index (χ0v) is 17.4. The number of nitrogens with zero attached hydrogens (tertiary/aromatic N) is 1. The zero-order chi connectivity index (χ0) is 22.3. The van der Waals surface area contributed by atoms with Gasteiger partial charge in [0.25, 0.3) is 15.9 Å². The van der Waals surface area contributed by atoms with Crippen molar-refractivity contribution in [1.29, 1.82) is 0 Å². The molecule has 0 aliphatic carbocycles. The summed E-state index contributed by atoms with van der Waals surface area (Å²) in [5.41, 5.74) is 0.696. The lowest BCUT2D eigenvalue weighted by atomic mass is 10.2. The van der Waals surface area contributed by atoms with Gasteiger partial charge in [0.05, 0.1) is 23.4 Å². The highest BCUT2D eigenvalue weighted by molar-refractivity contribution is 7.92. The van der Waals surface area contributed by atoms with Crippen molar-refractivity contribution in [2.45, 2.75) is 4.90 Å². The molecule has 0 fully saturated rings. The minimum absolute atomic E-state index is 0.0689. The molecule has 0 aliphatic heterocycles. The van der Waals surface area contributed by atoms with Crippen molar-refractivity contribution < 1.29 is 27.1 Å². The molecule has 31 heavy (non-hydrogen) atoms. The van der Waals surface area contributed by atoms with Crippen molar-refractivity contribution in [2.75, 3.05) is 25.0 Å². The van der Waals surface area contributed by atoms with Crippen LogP contribution in [0.2, 0.25) is 0 Å². The Morgan fingerprint density at radius 1 is 1.03 bits per heavy atom. The Balaban J connectivity index is 1.60. The minimum atomic E-state index is -3.87.